The van der Waals surface area contributed by atoms with Crippen LogP contribution < -0.4 is 10.1 Å². The molecule has 0 fully saturated rings. The third-order valence-corrected chi connectivity index (χ3v) is 2.58. The van der Waals surface area contributed by atoms with Crippen molar-refractivity contribution in [2.24, 2.45) is 0 Å². The molecule has 0 saturated heterocycles. The normalized spacial score (nSPS) is 9.50. The van der Waals surface area contributed by atoms with Crippen molar-refractivity contribution < 1.29 is 9.53 Å². The number of rotatable bonds is 5. The number of amides is 1. The second-order valence-corrected chi connectivity index (χ2v) is 3.60. The van der Waals surface area contributed by atoms with Crippen molar-refractivity contribution in [3.63, 3.8) is 0 Å². The molecule has 1 amide bonds. The monoisotopic (exact) mass is 211 g/mol. The van der Waals surface area contributed by atoms with Gasteiger partial charge in [-0.15, -0.1) is 17.9 Å². The molecule has 0 spiro atoms. The molecule has 76 valence electrons. The van der Waals surface area contributed by atoms with Crippen molar-refractivity contribution >= 4 is 17.2 Å². The maximum absolute atomic E-state index is 11.5. The van der Waals surface area contributed by atoms with Crippen molar-refractivity contribution in [3.8, 4) is 5.75 Å². The van der Waals surface area contributed by atoms with Crippen LogP contribution in [-0.4, -0.2) is 19.6 Å². The van der Waals surface area contributed by atoms with Crippen molar-refractivity contribution in [3.05, 3.63) is 29.0 Å². The van der Waals surface area contributed by atoms with Gasteiger partial charge >= 0.3 is 0 Å². The van der Waals surface area contributed by atoms with Crippen LogP contribution in [0, 0.1) is 0 Å². The van der Waals surface area contributed by atoms with E-state index >= 15 is 0 Å². The molecule has 0 aliphatic heterocycles. The summed E-state index contributed by atoms with van der Waals surface area (Å²) in [6, 6.07) is 1.73. The first kappa shape index (κ1) is 10.8. The van der Waals surface area contributed by atoms with Crippen LogP contribution in [0.25, 0.3) is 0 Å². The van der Waals surface area contributed by atoms with Crippen LogP contribution in [0.2, 0.25) is 0 Å². The van der Waals surface area contributed by atoms with E-state index < -0.39 is 0 Å². The van der Waals surface area contributed by atoms with Gasteiger partial charge in [0.2, 0.25) is 0 Å². The van der Waals surface area contributed by atoms with Crippen molar-refractivity contribution in [1.82, 2.24) is 5.32 Å². The molecule has 1 heterocycles. The fraction of sp³-hybridized carbons (Fsp3) is 0.300. The van der Waals surface area contributed by atoms with Gasteiger partial charge in [0, 0.05) is 18.0 Å². The van der Waals surface area contributed by atoms with Gasteiger partial charge in [-0.05, 0) is 6.42 Å². The maximum atomic E-state index is 11.5. The first-order chi connectivity index (χ1) is 6.77. The molecule has 4 heteroatoms. The van der Waals surface area contributed by atoms with Crippen molar-refractivity contribution in [1.29, 1.82) is 0 Å². The average molecular weight is 211 g/mol. The number of thiophene rings is 1. The number of hydrogen-bond donors (Lipinski definition) is 1. The lowest BCUT2D eigenvalue weighted by atomic mass is 10.4. The summed E-state index contributed by atoms with van der Waals surface area (Å²) >= 11 is 1.38. The predicted molar refractivity (Wildman–Crippen MR) is 58.0 cm³/mol. The van der Waals surface area contributed by atoms with Gasteiger partial charge in [0.05, 0.1) is 12.0 Å². The lowest BCUT2D eigenvalue weighted by Gasteiger charge is -1.99. The Morgan fingerprint density at radius 1 is 1.79 bits per heavy atom. The van der Waals surface area contributed by atoms with Crippen LogP contribution in [-0.2, 0) is 0 Å². The largest absolute Gasteiger partial charge is 0.496 e. The minimum absolute atomic E-state index is 0.0554. The van der Waals surface area contributed by atoms with E-state index in [-0.39, 0.29) is 5.91 Å². The number of carbonyl (C=O) groups is 1. The zero-order valence-electron chi connectivity index (χ0n) is 8.08. The van der Waals surface area contributed by atoms with Crippen LogP contribution in [0.15, 0.2) is 24.1 Å². The summed E-state index contributed by atoms with van der Waals surface area (Å²) in [7, 11) is 1.58. The molecule has 1 N–H and O–H groups in total. The number of methoxy groups -OCH3 is 1. The molecule has 0 bridgehead atoms. The minimum Gasteiger partial charge on any atom is -0.496 e. The molecular formula is C10H13NO2S. The summed E-state index contributed by atoms with van der Waals surface area (Å²) in [5.74, 6) is 0.670. The number of hydrogen-bond acceptors (Lipinski definition) is 3. The molecule has 0 unspecified atom stereocenters. The van der Waals surface area contributed by atoms with E-state index in [0.717, 1.165) is 12.2 Å². The Morgan fingerprint density at radius 3 is 3.14 bits per heavy atom. The fourth-order valence-electron chi connectivity index (χ4n) is 0.920. The lowest BCUT2D eigenvalue weighted by Crippen LogP contribution is -2.23. The Bertz CT molecular complexity index is 320. The van der Waals surface area contributed by atoms with Gasteiger partial charge in [-0.2, -0.15) is 0 Å². The van der Waals surface area contributed by atoms with Crippen molar-refractivity contribution in [2.45, 2.75) is 6.42 Å². The third-order valence-electron chi connectivity index (χ3n) is 1.67. The van der Waals surface area contributed by atoms with E-state index in [0.29, 0.717) is 11.4 Å². The van der Waals surface area contributed by atoms with Gasteiger partial charge in [-0.3, -0.25) is 4.79 Å². The zero-order valence-corrected chi connectivity index (χ0v) is 8.89. The molecule has 0 radical (unpaired) electrons. The molecule has 14 heavy (non-hydrogen) atoms. The Morgan fingerprint density at radius 2 is 2.57 bits per heavy atom. The summed E-state index contributed by atoms with van der Waals surface area (Å²) in [5, 5.41) is 4.59. The second-order valence-electron chi connectivity index (χ2n) is 2.68. The van der Waals surface area contributed by atoms with E-state index in [1.165, 1.54) is 11.3 Å². The summed E-state index contributed by atoms with van der Waals surface area (Å²) < 4.78 is 4.98. The van der Waals surface area contributed by atoms with Gasteiger partial charge < -0.3 is 10.1 Å². The zero-order chi connectivity index (χ0) is 10.4. The molecule has 0 aromatic carbocycles. The van der Waals surface area contributed by atoms with Gasteiger partial charge in [0.1, 0.15) is 5.75 Å². The van der Waals surface area contributed by atoms with Crippen LogP contribution in [0.4, 0.5) is 0 Å². The van der Waals surface area contributed by atoms with Crippen LogP contribution in [0.5, 0.6) is 5.75 Å². The fourth-order valence-corrected chi connectivity index (χ4v) is 1.69. The SMILES string of the molecule is C=CCCNC(=O)c1cc(OC)cs1. The van der Waals surface area contributed by atoms with Gasteiger partial charge in [-0.1, -0.05) is 6.08 Å². The molecule has 1 rings (SSSR count). The Balaban J connectivity index is 2.47. The summed E-state index contributed by atoms with van der Waals surface area (Å²) in [6.45, 7) is 4.21. The van der Waals surface area contributed by atoms with Gasteiger partial charge in [-0.25, -0.2) is 0 Å². The smallest absolute Gasteiger partial charge is 0.261 e. The van der Waals surface area contributed by atoms with Crippen molar-refractivity contribution in [2.75, 3.05) is 13.7 Å². The van der Waals surface area contributed by atoms with Crippen LogP contribution >= 0.6 is 11.3 Å². The summed E-state index contributed by atoms with van der Waals surface area (Å²) in [6.07, 6.45) is 2.56. The molecule has 0 atom stereocenters. The topological polar surface area (TPSA) is 38.3 Å². The first-order valence-electron chi connectivity index (χ1n) is 4.29. The average Bonchev–Trinajstić information content (AvgIpc) is 2.66. The molecule has 3 nitrogen and oxygen atoms in total. The van der Waals surface area contributed by atoms with Crippen LogP contribution in [0.3, 0.4) is 0 Å². The number of carbonyl (C=O) groups excluding carboxylic acids is 1. The molecule has 1 aromatic rings. The van der Waals surface area contributed by atoms with E-state index in [2.05, 4.69) is 11.9 Å². The predicted octanol–water partition coefficient (Wildman–Crippen LogP) is 2.06. The van der Waals surface area contributed by atoms with Gasteiger partial charge in [0.25, 0.3) is 5.91 Å². The van der Waals surface area contributed by atoms with E-state index in [1.54, 1.807) is 19.3 Å². The second kappa shape index (κ2) is 5.44. The highest BCUT2D eigenvalue weighted by atomic mass is 32.1. The molecule has 0 aliphatic carbocycles. The first-order valence-corrected chi connectivity index (χ1v) is 5.17. The molecule has 0 saturated carbocycles. The standard InChI is InChI=1S/C10H13NO2S/c1-3-4-5-11-10(12)9-6-8(13-2)7-14-9/h3,6-7H,1,4-5H2,2H3,(H,11,12). The molecule has 1 aromatic heterocycles. The highest BCUT2D eigenvalue weighted by Gasteiger charge is 2.07. The lowest BCUT2D eigenvalue weighted by molar-refractivity contribution is 0.0958. The quantitative estimate of drug-likeness (QED) is 0.598. The maximum Gasteiger partial charge on any atom is 0.261 e. The third kappa shape index (κ3) is 2.88. The number of nitrogens with one attached hydrogen (secondary N) is 1. The minimum atomic E-state index is -0.0554. The van der Waals surface area contributed by atoms with Crippen LogP contribution in [0.1, 0.15) is 16.1 Å². The van der Waals surface area contributed by atoms with E-state index in [1.807, 2.05) is 5.38 Å². The Hall–Kier alpha value is -1.29. The summed E-state index contributed by atoms with van der Waals surface area (Å²) in [4.78, 5) is 12.1. The van der Waals surface area contributed by atoms with E-state index in [9.17, 15) is 4.79 Å². The molecule has 0 aliphatic rings. The summed E-state index contributed by atoms with van der Waals surface area (Å²) in [5.41, 5.74) is 0. The van der Waals surface area contributed by atoms with E-state index in [4.69, 9.17) is 4.74 Å². The Kier molecular flexibility index (Phi) is 4.19. The highest BCUT2D eigenvalue weighted by Crippen LogP contribution is 2.20. The van der Waals surface area contributed by atoms with Gasteiger partial charge in [0.15, 0.2) is 0 Å². The Labute approximate surface area is 87.4 Å². The molecular weight excluding hydrogens is 198 g/mol. The highest BCUT2D eigenvalue weighted by molar-refractivity contribution is 7.12. The number of ether oxygens (including phenoxy) is 1.